The SMILES string of the molecule is CC[C@H](C)[C@@H](Cl)CCCCCO. The van der Waals surface area contributed by atoms with E-state index in [2.05, 4.69) is 13.8 Å². The molecule has 0 heterocycles. The Morgan fingerprint density at radius 1 is 1.25 bits per heavy atom. The molecule has 74 valence electrons. The van der Waals surface area contributed by atoms with Crippen LogP contribution < -0.4 is 0 Å². The first-order valence-corrected chi connectivity index (χ1v) is 5.41. The summed E-state index contributed by atoms with van der Waals surface area (Å²) in [5.41, 5.74) is 0. The maximum absolute atomic E-state index is 8.55. The van der Waals surface area contributed by atoms with E-state index in [0.29, 0.717) is 17.9 Å². The predicted octanol–water partition coefficient (Wildman–Crippen LogP) is 3.19. The summed E-state index contributed by atoms with van der Waals surface area (Å²) in [5.74, 6) is 0.626. The molecule has 0 saturated carbocycles. The Balaban J connectivity index is 3.24. The summed E-state index contributed by atoms with van der Waals surface area (Å²) in [6, 6.07) is 0. The Kier molecular flexibility index (Phi) is 8.04. The molecule has 0 aromatic heterocycles. The molecule has 1 nitrogen and oxygen atoms in total. The summed E-state index contributed by atoms with van der Waals surface area (Å²) >= 11 is 6.15. The van der Waals surface area contributed by atoms with E-state index in [1.165, 1.54) is 0 Å². The highest BCUT2D eigenvalue weighted by molar-refractivity contribution is 6.20. The molecule has 0 aliphatic carbocycles. The van der Waals surface area contributed by atoms with Gasteiger partial charge in [0, 0.05) is 12.0 Å². The van der Waals surface area contributed by atoms with Gasteiger partial charge in [-0.15, -0.1) is 11.6 Å². The van der Waals surface area contributed by atoms with Crippen LogP contribution in [-0.2, 0) is 0 Å². The topological polar surface area (TPSA) is 20.2 Å². The molecule has 0 amide bonds. The molecule has 0 saturated heterocycles. The van der Waals surface area contributed by atoms with Gasteiger partial charge >= 0.3 is 0 Å². The number of hydrogen-bond donors (Lipinski definition) is 1. The van der Waals surface area contributed by atoms with E-state index in [4.69, 9.17) is 16.7 Å². The fourth-order valence-corrected chi connectivity index (χ4v) is 1.50. The molecule has 0 bridgehead atoms. The third-order valence-electron chi connectivity index (χ3n) is 2.40. The van der Waals surface area contributed by atoms with Crippen LogP contribution in [0, 0.1) is 5.92 Å². The van der Waals surface area contributed by atoms with Gasteiger partial charge in [-0.2, -0.15) is 0 Å². The molecule has 0 rings (SSSR count). The van der Waals surface area contributed by atoms with Crippen LogP contribution in [0.1, 0.15) is 46.0 Å². The highest BCUT2D eigenvalue weighted by atomic mass is 35.5. The predicted molar refractivity (Wildman–Crippen MR) is 54.6 cm³/mol. The van der Waals surface area contributed by atoms with Crippen LogP contribution in [0.2, 0.25) is 0 Å². The van der Waals surface area contributed by atoms with Gasteiger partial charge in [-0.1, -0.05) is 33.1 Å². The first kappa shape index (κ1) is 12.2. The highest BCUT2D eigenvalue weighted by Crippen LogP contribution is 2.19. The van der Waals surface area contributed by atoms with Gasteiger partial charge in [-0.25, -0.2) is 0 Å². The van der Waals surface area contributed by atoms with Gasteiger partial charge in [0.1, 0.15) is 0 Å². The Morgan fingerprint density at radius 2 is 1.92 bits per heavy atom. The minimum atomic E-state index is 0.316. The number of unbranched alkanes of at least 4 members (excludes halogenated alkanes) is 2. The molecule has 0 radical (unpaired) electrons. The van der Waals surface area contributed by atoms with Crippen molar-refractivity contribution >= 4 is 11.6 Å². The van der Waals surface area contributed by atoms with Crippen molar-refractivity contribution in [2.75, 3.05) is 6.61 Å². The van der Waals surface area contributed by atoms with Gasteiger partial charge in [0.25, 0.3) is 0 Å². The molecule has 0 aromatic rings. The molecule has 2 atom stereocenters. The quantitative estimate of drug-likeness (QED) is 0.485. The van der Waals surface area contributed by atoms with Crippen molar-refractivity contribution in [3.8, 4) is 0 Å². The second kappa shape index (κ2) is 7.88. The molecule has 0 aliphatic heterocycles. The lowest BCUT2D eigenvalue weighted by molar-refractivity contribution is 0.282. The van der Waals surface area contributed by atoms with Crippen LogP contribution in [0.4, 0.5) is 0 Å². The lowest BCUT2D eigenvalue weighted by Gasteiger charge is -2.15. The smallest absolute Gasteiger partial charge is 0.0431 e. The summed E-state index contributed by atoms with van der Waals surface area (Å²) in [6.45, 7) is 4.69. The number of alkyl halides is 1. The average molecular weight is 193 g/mol. The van der Waals surface area contributed by atoms with Gasteiger partial charge in [0.15, 0.2) is 0 Å². The number of aliphatic hydroxyl groups excluding tert-OH is 1. The van der Waals surface area contributed by atoms with Crippen LogP contribution in [0.3, 0.4) is 0 Å². The summed E-state index contributed by atoms with van der Waals surface area (Å²) in [6.07, 6.45) is 5.43. The van der Waals surface area contributed by atoms with Gasteiger partial charge in [0.2, 0.25) is 0 Å². The average Bonchev–Trinajstić information content (AvgIpc) is 2.10. The normalized spacial score (nSPS) is 16.0. The monoisotopic (exact) mass is 192 g/mol. The van der Waals surface area contributed by atoms with Gasteiger partial charge < -0.3 is 5.11 Å². The van der Waals surface area contributed by atoms with E-state index in [9.17, 15) is 0 Å². The second-order valence-corrected chi connectivity index (χ2v) is 4.04. The zero-order valence-corrected chi connectivity index (χ0v) is 8.98. The first-order chi connectivity index (χ1) is 5.72. The Hall–Kier alpha value is 0.250. The fraction of sp³-hybridized carbons (Fsp3) is 1.00. The molecular weight excluding hydrogens is 172 g/mol. The standard InChI is InChI=1S/C10H21ClO/c1-3-9(2)10(11)7-5-4-6-8-12/h9-10,12H,3-8H2,1-2H3/t9-,10-/m0/s1. The van der Waals surface area contributed by atoms with Gasteiger partial charge in [-0.3, -0.25) is 0 Å². The summed E-state index contributed by atoms with van der Waals surface area (Å²) in [4.78, 5) is 0. The van der Waals surface area contributed by atoms with E-state index < -0.39 is 0 Å². The lowest BCUT2D eigenvalue weighted by Crippen LogP contribution is -2.10. The van der Waals surface area contributed by atoms with E-state index in [-0.39, 0.29) is 0 Å². The van der Waals surface area contributed by atoms with Crippen molar-refractivity contribution in [1.29, 1.82) is 0 Å². The van der Waals surface area contributed by atoms with Gasteiger partial charge in [-0.05, 0) is 18.8 Å². The van der Waals surface area contributed by atoms with Crippen LogP contribution >= 0.6 is 11.6 Å². The minimum absolute atomic E-state index is 0.316. The van der Waals surface area contributed by atoms with Crippen LogP contribution in [0.25, 0.3) is 0 Å². The summed E-state index contributed by atoms with van der Waals surface area (Å²) in [7, 11) is 0. The third kappa shape index (κ3) is 5.84. The van der Waals surface area contributed by atoms with Gasteiger partial charge in [0.05, 0.1) is 0 Å². The number of halogens is 1. The van der Waals surface area contributed by atoms with Crippen molar-refractivity contribution in [2.24, 2.45) is 5.92 Å². The van der Waals surface area contributed by atoms with Crippen molar-refractivity contribution in [3.05, 3.63) is 0 Å². The first-order valence-electron chi connectivity index (χ1n) is 4.97. The van der Waals surface area contributed by atoms with Crippen molar-refractivity contribution in [1.82, 2.24) is 0 Å². The maximum atomic E-state index is 8.55. The number of aliphatic hydroxyl groups is 1. The molecule has 12 heavy (non-hydrogen) atoms. The van der Waals surface area contributed by atoms with E-state index >= 15 is 0 Å². The zero-order valence-electron chi connectivity index (χ0n) is 8.22. The van der Waals surface area contributed by atoms with E-state index in [1.807, 2.05) is 0 Å². The third-order valence-corrected chi connectivity index (χ3v) is 3.05. The second-order valence-electron chi connectivity index (χ2n) is 3.47. The largest absolute Gasteiger partial charge is 0.396 e. The minimum Gasteiger partial charge on any atom is -0.396 e. The number of rotatable bonds is 7. The van der Waals surface area contributed by atoms with Crippen LogP contribution in [0.15, 0.2) is 0 Å². The van der Waals surface area contributed by atoms with E-state index in [0.717, 1.165) is 32.1 Å². The van der Waals surface area contributed by atoms with Crippen molar-refractivity contribution in [2.45, 2.75) is 51.3 Å². The molecular formula is C10H21ClO. The Morgan fingerprint density at radius 3 is 2.42 bits per heavy atom. The molecule has 0 spiro atoms. The van der Waals surface area contributed by atoms with Crippen molar-refractivity contribution < 1.29 is 5.11 Å². The highest BCUT2D eigenvalue weighted by Gasteiger charge is 2.11. The fourth-order valence-electron chi connectivity index (χ4n) is 1.17. The lowest BCUT2D eigenvalue weighted by atomic mass is 10.00. The van der Waals surface area contributed by atoms with E-state index in [1.54, 1.807) is 0 Å². The summed E-state index contributed by atoms with van der Waals surface area (Å²) in [5, 5.41) is 8.88. The Labute approximate surface area is 81.1 Å². The molecule has 0 aromatic carbocycles. The Bertz CT molecular complexity index is 95.8. The molecule has 1 N–H and O–H groups in total. The zero-order chi connectivity index (χ0) is 9.40. The van der Waals surface area contributed by atoms with Crippen LogP contribution in [0.5, 0.6) is 0 Å². The molecule has 2 heteroatoms. The van der Waals surface area contributed by atoms with Crippen molar-refractivity contribution in [3.63, 3.8) is 0 Å². The molecule has 0 unspecified atom stereocenters. The number of hydrogen-bond acceptors (Lipinski definition) is 1. The molecule has 0 aliphatic rings. The molecule has 0 fully saturated rings. The maximum Gasteiger partial charge on any atom is 0.0431 e. The summed E-state index contributed by atoms with van der Waals surface area (Å²) < 4.78 is 0. The van der Waals surface area contributed by atoms with Crippen LogP contribution in [-0.4, -0.2) is 17.1 Å².